The zero-order chi connectivity index (χ0) is 24.7. The molecular formula is C19H37N7O6. The standard InChI is InChI=1S/C19H37N7O6/c1-5-31-15(28)13(9-7-10-23-16(20)21)25-14(27)12(8-6-11-24-17(22)29)26-18(30)32-19(2,3)4/h12-13H,5-11H2,1-4H3,(H,25,27)(H,26,30)(H4,20,21,23)(H3,22,24,29)/t12-,13-/m0/s1. The van der Waals surface area contributed by atoms with Crippen LogP contribution in [0.4, 0.5) is 9.59 Å². The van der Waals surface area contributed by atoms with E-state index in [0.29, 0.717) is 12.8 Å². The molecule has 0 aliphatic rings. The Morgan fingerprint density at radius 2 is 1.59 bits per heavy atom. The highest BCUT2D eigenvalue weighted by Gasteiger charge is 2.28. The molecule has 0 aromatic carbocycles. The van der Waals surface area contributed by atoms with Crippen LogP contribution in [0, 0.1) is 0 Å². The monoisotopic (exact) mass is 459 g/mol. The summed E-state index contributed by atoms with van der Waals surface area (Å²) in [6, 6.07) is -2.67. The van der Waals surface area contributed by atoms with Crippen molar-refractivity contribution in [2.45, 2.75) is 71.1 Å². The number of urea groups is 1. The van der Waals surface area contributed by atoms with E-state index in [-0.39, 0.29) is 38.5 Å². The summed E-state index contributed by atoms with van der Waals surface area (Å²) in [4.78, 5) is 52.0. The second-order valence-electron chi connectivity index (χ2n) is 7.89. The number of rotatable bonds is 13. The normalized spacial score (nSPS) is 12.6. The third kappa shape index (κ3) is 14.7. The van der Waals surface area contributed by atoms with Crippen LogP contribution in [0.25, 0.3) is 0 Å². The van der Waals surface area contributed by atoms with Gasteiger partial charge in [0.15, 0.2) is 5.96 Å². The number of aliphatic imine (C=N–C) groups is 1. The molecule has 2 atom stereocenters. The molecule has 0 aliphatic heterocycles. The zero-order valence-electron chi connectivity index (χ0n) is 19.2. The molecule has 9 N–H and O–H groups in total. The molecule has 13 heteroatoms. The van der Waals surface area contributed by atoms with Crippen LogP contribution in [0.1, 0.15) is 53.4 Å². The van der Waals surface area contributed by atoms with E-state index in [2.05, 4.69) is 20.9 Å². The van der Waals surface area contributed by atoms with E-state index in [0.717, 1.165) is 0 Å². The van der Waals surface area contributed by atoms with Gasteiger partial charge in [-0.1, -0.05) is 0 Å². The van der Waals surface area contributed by atoms with Crippen molar-refractivity contribution >= 4 is 30.0 Å². The quantitative estimate of drug-likeness (QED) is 0.0905. The van der Waals surface area contributed by atoms with Gasteiger partial charge >= 0.3 is 18.1 Å². The summed E-state index contributed by atoms with van der Waals surface area (Å²) in [5, 5.41) is 7.50. The third-order valence-electron chi connectivity index (χ3n) is 3.81. The first-order valence-corrected chi connectivity index (χ1v) is 10.4. The topological polar surface area (TPSA) is 213 Å². The van der Waals surface area contributed by atoms with Crippen LogP contribution in [0.2, 0.25) is 0 Å². The van der Waals surface area contributed by atoms with Gasteiger partial charge in [-0.25, -0.2) is 14.4 Å². The molecule has 0 saturated heterocycles. The van der Waals surface area contributed by atoms with E-state index >= 15 is 0 Å². The summed E-state index contributed by atoms with van der Waals surface area (Å²) in [6.07, 6.45) is 0.347. The highest BCUT2D eigenvalue weighted by atomic mass is 16.6. The van der Waals surface area contributed by atoms with Crippen molar-refractivity contribution in [3.05, 3.63) is 0 Å². The number of primary amides is 1. The number of hydrogen-bond donors (Lipinski definition) is 6. The van der Waals surface area contributed by atoms with Crippen LogP contribution < -0.4 is 33.2 Å². The number of nitrogens with one attached hydrogen (secondary N) is 3. The lowest BCUT2D eigenvalue weighted by Gasteiger charge is -2.25. The van der Waals surface area contributed by atoms with E-state index in [4.69, 9.17) is 26.7 Å². The minimum atomic E-state index is -1.02. The Labute approximate surface area is 188 Å². The highest BCUT2D eigenvalue weighted by Crippen LogP contribution is 2.09. The Hall–Kier alpha value is -3.25. The second-order valence-corrected chi connectivity index (χ2v) is 7.89. The average Bonchev–Trinajstić information content (AvgIpc) is 2.64. The van der Waals surface area contributed by atoms with E-state index in [1.54, 1.807) is 27.7 Å². The molecule has 0 radical (unpaired) electrons. The zero-order valence-corrected chi connectivity index (χ0v) is 19.2. The Balaban J connectivity index is 5.21. The molecule has 4 amide bonds. The third-order valence-corrected chi connectivity index (χ3v) is 3.81. The molecule has 13 nitrogen and oxygen atoms in total. The fourth-order valence-corrected chi connectivity index (χ4v) is 2.50. The van der Waals surface area contributed by atoms with Crippen LogP contribution in [-0.4, -0.2) is 67.3 Å². The van der Waals surface area contributed by atoms with E-state index < -0.39 is 41.7 Å². The van der Waals surface area contributed by atoms with Gasteiger partial charge in [-0.3, -0.25) is 9.79 Å². The number of amides is 4. The van der Waals surface area contributed by atoms with Gasteiger partial charge in [0.2, 0.25) is 5.91 Å². The van der Waals surface area contributed by atoms with E-state index in [1.165, 1.54) is 0 Å². The predicted octanol–water partition coefficient (Wildman–Crippen LogP) is -0.570. The molecule has 0 heterocycles. The fourth-order valence-electron chi connectivity index (χ4n) is 2.50. The van der Waals surface area contributed by atoms with Crippen LogP contribution in [0.15, 0.2) is 4.99 Å². The molecule has 0 saturated carbocycles. The number of ether oxygens (including phenoxy) is 2. The van der Waals surface area contributed by atoms with Gasteiger partial charge in [0.25, 0.3) is 0 Å². The number of carbonyl (C=O) groups is 4. The van der Waals surface area contributed by atoms with Crippen LogP contribution in [0.5, 0.6) is 0 Å². The number of hydrogen-bond acceptors (Lipinski definition) is 7. The van der Waals surface area contributed by atoms with Gasteiger partial charge in [0.1, 0.15) is 17.7 Å². The van der Waals surface area contributed by atoms with E-state index in [9.17, 15) is 19.2 Å². The van der Waals surface area contributed by atoms with Gasteiger partial charge in [0.05, 0.1) is 6.61 Å². The Morgan fingerprint density at radius 1 is 0.969 bits per heavy atom. The minimum Gasteiger partial charge on any atom is -0.464 e. The van der Waals surface area contributed by atoms with Crippen LogP contribution in [0.3, 0.4) is 0 Å². The van der Waals surface area contributed by atoms with Gasteiger partial charge in [-0.05, 0) is 53.4 Å². The van der Waals surface area contributed by atoms with Crippen LogP contribution >= 0.6 is 0 Å². The lowest BCUT2D eigenvalue weighted by Crippen LogP contribution is -2.52. The lowest BCUT2D eigenvalue weighted by molar-refractivity contribution is -0.147. The van der Waals surface area contributed by atoms with Crippen molar-refractivity contribution < 1.29 is 28.7 Å². The summed E-state index contributed by atoms with van der Waals surface area (Å²) in [7, 11) is 0. The molecule has 0 aromatic heterocycles. The summed E-state index contributed by atoms with van der Waals surface area (Å²) >= 11 is 0. The highest BCUT2D eigenvalue weighted by molar-refractivity contribution is 5.89. The number of guanidine groups is 1. The largest absolute Gasteiger partial charge is 0.464 e. The number of alkyl carbamates (subject to hydrolysis) is 1. The Kier molecular flexibility index (Phi) is 13.2. The molecule has 0 spiro atoms. The lowest BCUT2D eigenvalue weighted by atomic mass is 10.1. The molecule has 32 heavy (non-hydrogen) atoms. The Morgan fingerprint density at radius 3 is 2.12 bits per heavy atom. The van der Waals surface area contributed by atoms with Crippen molar-refractivity contribution in [1.29, 1.82) is 0 Å². The Bertz CT molecular complexity index is 659. The van der Waals surface area contributed by atoms with Crippen molar-refractivity contribution in [3.8, 4) is 0 Å². The van der Waals surface area contributed by atoms with Crippen molar-refractivity contribution in [2.24, 2.45) is 22.2 Å². The maximum atomic E-state index is 12.9. The average molecular weight is 460 g/mol. The summed E-state index contributed by atoms with van der Waals surface area (Å²) in [5.74, 6) is -1.29. The first kappa shape index (κ1) is 28.8. The molecular weight excluding hydrogens is 422 g/mol. The minimum absolute atomic E-state index is 0.0760. The summed E-state index contributed by atoms with van der Waals surface area (Å²) in [6.45, 7) is 7.32. The van der Waals surface area contributed by atoms with Gasteiger partial charge in [-0.2, -0.15) is 0 Å². The first-order chi connectivity index (χ1) is 14.9. The molecule has 184 valence electrons. The fraction of sp³-hybridized carbons (Fsp3) is 0.737. The maximum Gasteiger partial charge on any atom is 0.408 e. The first-order valence-electron chi connectivity index (χ1n) is 10.4. The predicted molar refractivity (Wildman–Crippen MR) is 118 cm³/mol. The number of carbonyl (C=O) groups excluding carboxylic acids is 4. The van der Waals surface area contributed by atoms with Crippen molar-refractivity contribution in [3.63, 3.8) is 0 Å². The van der Waals surface area contributed by atoms with Gasteiger partial charge in [-0.15, -0.1) is 0 Å². The summed E-state index contributed by atoms with van der Waals surface area (Å²) < 4.78 is 10.2. The molecule has 0 rings (SSSR count). The van der Waals surface area contributed by atoms with Gasteiger partial charge < -0.3 is 42.6 Å². The molecule has 0 aliphatic carbocycles. The van der Waals surface area contributed by atoms with Crippen molar-refractivity contribution in [1.82, 2.24) is 16.0 Å². The molecule has 0 aromatic rings. The molecule has 0 bridgehead atoms. The van der Waals surface area contributed by atoms with Gasteiger partial charge in [0, 0.05) is 13.1 Å². The molecule has 0 unspecified atom stereocenters. The SMILES string of the molecule is CCOC(=O)[C@H](CCCN=C(N)N)NC(=O)[C@H](CCCNC(N)=O)NC(=O)OC(C)(C)C. The number of esters is 1. The van der Waals surface area contributed by atoms with Crippen LogP contribution in [-0.2, 0) is 19.1 Å². The van der Waals surface area contributed by atoms with E-state index in [1.807, 2.05) is 0 Å². The number of nitrogens with zero attached hydrogens (tertiary/aromatic N) is 1. The molecule has 0 fully saturated rings. The van der Waals surface area contributed by atoms with Crippen molar-refractivity contribution in [2.75, 3.05) is 19.7 Å². The smallest absolute Gasteiger partial charge is 0.408 e. The second kappa shape index (κ2) is 14.7. The maximum absolute atomic E-state index is 12.9. The summed E-state index contributed by atoms with van der Waals surface area (Å²) in [5.41, 5.74) is 14.8. The number of nitrogens with two attached hydrogens (primary N) is 3.